The molecule has 0 saturated carbocycles. The van der Waals surface area contributed by atoms with Crippen molar-refractivity contribution in [2.75, 3.05) is 0 Å². The van der Waals surface area contributed by atoms with Crippen molar-refractivity contribution in [3.05, 3.63) is 119 Å². The Morgan fingerprint density at radius 3 is 2.08 bits per heavy atom. The summed E-state index contributed by atoms with van der Waals surface area (Å²) in [5, 5.41) is 17.8. The van der Waals surface area contributed by atoms with Gasteiger partial charge in [0.25, 0.3) is 0 Å². The fraction of sp³-hybridized carbons (Fsp3) is 0.167. The van der Waals surface area contributed by atoms with Gasteiger partial charge in [0, 0.05) is 18.3 Å². The first kappa shape index (κ1) is 34.6. The average Bonchev–Trinajstić information content (AvgIpc) is 3.24. The van der Waals surface area contributed by atoms with E-state index in [1.807, 2.05) is 55.5 Å². The summed E-state index contributed by atoms with van der Waals surface area (Å²) in [6.07, 6.45) is -0.0856. The van der Waals surface area contributed by atoms with Crippen molar-refractivity contribution in [2.24, 2.45) is 7.05 Å². The molecule has 1 aromatic heterocycles. The molecule has 1 heterocycles. The van der Waals surface area contributed by atoms with E-state index in [9.17, 15) is 14.4 Å². The van der Waals surface area contributed by atoms with Crippen LogP contribution in [-0.4, -0.2) is 70.2 Å². The maximum Gasteiger partial charge on any atom is 2.00 e. The van der Waals surface area contributed by atoms with Gasteiger partial charge < -0.3 is 23.8 Å². The van der Waals surface area contributed by atoms with Gasteiger partial charge in [-0.1, -0.05) is 60.2 Å². The van der Waals surface area contributed by atoms with Gasteiger partial charge in [-0.25, -0.2) is 0 Å². The Kier molecular flexibility index (Phi) is 14.8. The standard InChI is InChI=1S/C15H15NO3.C15H14O3.Ca.Na.3H/c1-10-3-5-11(6-4-10)15(19)13-8-7-12(16(13)2)9-14(17)18;1-11(15(16)17)12-6-5-9-14(10-12)18-13-7-3-2-4-8-13;;;;;/h3-8H,9H2,1-2H3,(H,17,18);2-11H,1H3,(H,16,17);;;;;/q;;+2;+1;3*-1. The van der Waals surface area contributed by atoms with Gasteiger partial charge in [-0.05, 0) is 55.8 Å². The number of carbonyl (C=O) groups excluding carboxylic acids is 1. The zero-order chi connectivity index (χ0) is 26.9. The third-order valence-corrected chi connectivity index (χ3v) is 5.81. The van der Waals surface area contributed by atoms with Crippen LogP contribution >= 0.6 is 0 Å². The molecular formula is C30H32CaNNaO6. The fourth-order valence-corrected chi connectivity index (χ4v) is 3.58. The number of para-hydroxylation sites is 1. The average molecular weight is 566 g/mol. The number of aryl methyl sites for hydroxylation is 1. The molecule has 0 fully saturated rings. The molecule has 1 unspecified atom stereocenters. The number of benzene rings is 3. The number of carboxylic acid groups (broad SMARTS) is 2. The number of ether oxygens (including phenoxy) is 1. The van der Waals surface area contributed by atoms with Crippen molar-refractivity contribution in [3.8, 4) is 11.5 Å². The van der Waals surface area contributed by atoms with E-state index in [-0.39, 0.29) is 83.8 Å². The quantitative estimate of drug-likeness (QED) is 0.252. The van der Waals surface area contributed by atoms with Gasteiger partial charge in [-0.3, -0.25) is 14.4 Å². The second-order valence-corrected chi connectivity index (χ2v) is 8.58. The van der Waals surface area contributed by atoms with Gasteiger partial charge in [-0.15, -0.1) is 0 Å². The number of carboxylic acids is 2. The Bertz CT molecular complexity index is 1400. The molecule has 0 aliphatic heterocycles. The summed E-state index contributed by atoms with van der Waals surface area (Å²) in [6.45, 7) is 3.62. The van der Waals surface area contributed by atoms with Crippen molar-refractivity contribution in [2.45, 2.75) is 26.2 Å². The van der Waals surface area contributed by atoms with Gasteiger partial charge in [0.1, 0.15) is 11.5 Å². The summed E-state index contributed by atoms with van der Waals surface area (Å²) in [4.78, 5) is 33.9. The topological polar surface area (TPSA) is 106 Å². The van der Waals surface area contributed by atoms with E-state index in [4.69, 9.17) is 14.9 Å². The molecule has 9 heteroatoms. The number of aromatic nitrogens is 1. The monoisotopic (exact) mass is 565 g/mol. The van der Waals surface area contributed by atoms with Crippen LogP contribution in [0.4, 0.5) is 0 Å². The van der Waals surface area contributed by atoms with Gasteiger partial charge in [0.05, 0.1) is 18.0 Å². The number of rotatable bonds is 8. The number of carbonyl (C=O) groups is 3. The van der Waals surface area contributed by atoms with E-state index in [0.29, 0.717) is 22.7 Å². The van der Waals surface area contributed by atoms with E-state index >= 15 is 0 Å². The molecule has 4 aromatic rings. The minimum Gasteiger partial charge on any atom is -1.00 e. The molecule has 1 atom stereocenters. The minimum absolute atomic E-state index is 0. The van der Waals surface area contributed by atoms with Crippen LogP contribution in [0.15, 0.2) is 91.0 Å². The van der Waals surface area contributed by atoms with Crippen molar-refractivity contribution in [1.82, 2.24) is 4.57 Å². The predicted octanol–water partition coefficient (Wildman–Crippen LogP) is 2.82. The summed E-state index contributed by atoms with van der Waals surface area (Å²) in [6, 6.07) is 27.2. The number of hydrogen-bond acceptors (Lipinski definition) is 4. The molecule has 0 radical (unpaired) electrons. The zero-order valence-corrected chi connectivity index (χ0v) is 26.8. The van der Waals surface area contributed by atoms with Crippen molar-refractivity contribution in [3.63, 3.8) is 0 Å². The number of ketones is 1. The summed E-state index contributed by atoms with van der Waals surface area (Å²) in [7, 11) is 1.71. The molecule has 39 heavy (non-hydrogen) atoms. The molecular weight excluding hydrogens is 533 g/mol. The van der Waals surface area contributed by atoms with Crippen molar-refractivity contribution in [1.29, 1.82) is 0 Å². The van der Waals surface area contributed by atoms with Crippen LogP contribution in [0.2, 0.25) is 0 Å². The van der Waals surface area contributed by atoms with Crippen LogP contribution in [0, 0.1) is 6.92 Å². The molecule has 0 spiro atoms. The van der Waals surface area contributed by atoms with Crippen LogP contribution in [-0.2, 0) is 23.1 Å². The summed E-state index contributed by atoms with van der Waals surface area (Å²) >= 11 is 0. The van der Waals surface area contributed by atoms with Crippen LogP contribution < -0.4 is 34.3 Å². The van der Waals surface area contributed by atoms with Gasteiger partial charge >= 0.3 is 79.2 Å². The molecule has 0 saturated heterocycles. The first-order valence-corrected chi connectivity index (χ1v) is 11.7. The van der Waals surface area contributed by atoms with E-state index in [0.717, 1.165) is 16.9 Å². The predicted molar refractivity (Wildman–Crippen MR) is 149 cm³/mol. The van der Waals surface area contributed by atoms with Gasteiger partial charge in [0.15, 0.2) is 0 Å². The Balaban J connectivity index is -0.000000648. The van der Waals surface area contributed by atoms with Crippen LogP contribution in [0.5, 0.6) is 11.5 Å². The smallest absolute Gasteiger partial charge is 1.00 e. The molecule has 7 nitrogen and oxygen atoms in total. The molecule has 0 aliphatic carbocycles. The molecule has 0 bridgehead atoms. The molecule has 4 rings (SSSR count). The van der Waals surface area contributed by atoms with Gasteiger partial charge in [0.2, 0.25) is 5.78 Å². The fourth-order valence-electron chi connectivity index (χ4n) is 3.58. The van der Waals surface area contributed by atoms with Gasteiger partial charge in [-0.2, -0.15) is 0 Å². The Labute approximate surface area is 284 Å². The maximum atomic E-state index is 12.3. The Morgan fingerprint density at radius 1 is 0.872 bits per heavy atom. The second kappa shape index (κ2) is 16.7. The van der Waals surface area contributed by atoms with Crippen molar-refractivity contribution >= 4 is 55.5 Å². The number of hydrogen-bond donors (Lipinski definition) is 2. The Hall–Kier alpha value is -2.39. The molecule has 196 valence electrons. The first-order chi connectivity index (χ1) is 17.7. The van der Waals surface area contributed by atoms with Crippen molar-refractivity contribution < 1.29 is 63.2 Å². The number of aliphatic carboxylic acids is 2. The third-order valence-electron chi connectivity index (χ3n) is 5.81. The SMILES string of the molecule is CC(C(=O)O)c1cccc(Oc2ccccc2)c1.Cc1ccc(C(=O)c2ccc(CC(=O)O)n2C)cc1.[Ca+2].[H-].[H-].[H-].[Na+]. The van der Waals surface area contributed by atoms with Crippen LogP contribution in [0.3, 0.4) is 0 Å². The molecule has 2 N–H and O–H groups in total. The minimum atomic E-state index is -0.907. The largest absolute Gasteiger partial charge is 2.00 e. The normalized spacial score (nSPS) is 10.5. The van der Waals surface area contributed by atoms with E-state index in [2.05, 4.69) is 0 Å². The second-order valence-electron chi connectivity index (χ2n) is 8.58. The number of nitrogens with zero attached hydrogens (tertiary/aromatic N) is 1. The van der Waals surface area contributed by atoms with E-state index in [1.165, 1.54) is 0 Å². The zero-order valence-electron chi connectivity index (χ0n) is 25.6. The van der Waals surface area contributed by atoms with Crippen LogP contribution in [0.1, 0.15) is 50.0 Å². The molecule has 0 aliphatic rings. The third kappa shape index (κ3) is 10.3. The van der Waals surface area contributed by atoms with Crippen LogP contribution in [0.25, 0.3) is 0 Å². The maximum absolute atomic E-state index is 12.3. The summed E-state index contributed by atoms with van der Waals surface area (Å²) in [5.41, 5.74) is 3.54. The molecule has 0 amide bonds. The van der Waals surface area contributed by atoms with E-state index in [1.54, 1.807) is 61.0 Å². The molecule has 3 aromatic carbocycles. The first-order valence-electron chi connectivity index (χ1n) is 11.7. The van der Waals surface area contributed by atoms with E-state index < -0.39 is 17.9 Å². The Morgan fingerprint density at radius 2 is 1.49 bits per heavy atom. The summed E-state index contributed by atoms with van der Waals surface area (Å²) < 4.78 is 7.29. The summed E-state index contributed by atoms with van der Waals surface area (Å²) in [5.74, 6) is -1.00.